The third-order valence-electron chi connectivity index (χ3n) is 3.69. The largest absolute Gasteiger partial charge is 0.422 e. The van der Waals surface area contributed by atoms with E-state index in [4.69, 9.17) is 10.7 Å². The van der Waals surface area contributed by atoms with E-state index >= 15 is 0 Å². The quantitative estimate of drug-likeness (QED) is 0.257. The van der Waals surface area contributed by atoms with Crippen molar-refractivity contribution in [1.82, 2.24) is 4.57 Å². The maximum absolute atomic E-state index is 7.43. The molecule has 0 atom stereocenters. The van der Waals surface area contributed by atoms with Crippen molar-refractivity contribution < 1.29 is 4.57 Å². The molecule has 0 N–H and O–H groups in total. The monoisotopic (exact) mass is 317 g/mol. The molecule has 1 aromatic rings. The van der Waals surface area contributed by atoms with Crippen LogP contribution in [0, 0.1) is 11.5 Å². The minimum atomic E-state index is 1.18. The second-order valence-electron chi connectivity index (χ2n) is 5.81. The average Bonchev–Trinajstić information content (AvgIpc) is 2.96. The molecule has 1 aromatic heterocycles. The molecule has 0 aliphatic heterocycles. The highest BCUT2D eigenvalue weighted by Crippen LogP contribution is 2.10. The smallest absolute Gasteiger partial charge is 0.243 e. The first-order valence-corrected chi connectivity index (χ1v) is 8.73. The summed E-state index contributed by atoms with van der Waals surface area (Å²) in [6, 6.07) is 1.28. The van der Waals surface area contributed by atoms with E-state index in [1.54, 1.807) is 0 Å². The van der Waals surface area contributed by atoms with E-state index in [2.05, 4.69) is 46.8 Å². The van der Waals surface area contributed by atoms with E-state index in [0.717, 1.165) is 0 Å². The fourth-order valence-corrected chi connectivity index (χ4v) is 2.44. The van der Waals surface area contributed by atoms with Gasteiger partial charge in [-0.15, -0.1) is 6.01 Å². The SMILES string of the molecule is CCCCCCCCCCCCn1cc[n+](C)c1.N#CN=C=[N-]. The Balaban J connectivity index is 0.000000841. The summed E-state index contributed by atoms with van der Waals surface area (Å²) in [5.41, 5.74) is 0. The number of aromatic nitrogens is 2. The standard InChI is InChI=1S/C16H31N2.C2N3/c1-3-4-5-6-7-8-9-10-11-12-13-18-15-14-17(2)16-18;3-1-5-2-4/h14-16H,3-13H2,1-2H3;/q+1;-1. The second-order valence-corrected chi connectivity index (χ2v) is 5.81. The molecule has 0 amide bonds. The number of imidazole rings is 1. The molecule has 0 aliphatic rings. The molecule has 1 rings (SSSR count). The number of hydrogen-bond acceptors (Lipinski definition) is 2. The molecule has 0 bridgehead atoms. The predicted octanol–water partition coefficient (Wildman–Crippen LogP) is 4.44. The maximum atomic E-state index is 7.43. The van der Waals surface area contributed by atoms with Crippen LogP contribution in [-0.4, -0.2) is 10.6 Å². The Hall–Kier alpha value is -1.92. The van der Waals surface area contributed by atoms with Gasteiger partial charge >= 0.3 is 0 Å². The Kier molecular flexibility index (Phi) is 15.1. The van der Waals surface area contributed by atoms with E-state index < -0.39 is 0 Å². The number of aryl methyl sites for hydroxylation is 2. The molecule has 23 heavy (non-hydrogen) atoms. The van der Waals surface area contributed by atoms with Gasteiger partial charge in [-0.2, -0.15) is 5.26 Å². The number of unbranched alkanes of at least 4 members (excludes halogenated alkanes) is 9. The first-order valence-electron chi connectivity index (χ1n) is 8.73. The number of nitriles is 1. The minimum Gasteiger partial charge on any atom is -0.422 e. The summed E-state index contributed by atoms with van der Waals surface area (Å²) in [7, 11) is 2.08. The van der Waals surface area contributed by atoms with Crippen LogP contribution in [-0.2, 0) is 13.6 Å². The molecule has 0 spiro atoms. The average molecular weight is 317 g/mol. The van der Waals surface area contributed by atoms with Gasteiger partial charge in [-0.25, -0.2) is 9.13 Å². The highest BCUT2D eigenvalue weighted by Gasteiger charge is 1.99. The van der Waals surface area contributed by atoms with Crippen LogP contribution in [0.1, 0.15) is 71.1 Å². The highest BCUT2D eigenvalue weighted by molar-refractivity contribution is 5.46. The van der Waals surface area contributed by atoms with Crippen LogP contribution in [0.4, 0.5) is 0 Å². The molecular weight excluding hydrogens is 286 g/mol. The zero-order valence-corrected chi connectivity index (χ0v) is 14.7. The summed E-state index contributed by atoms with van der Waals surface area (Å²) >= 11 is 0. The normalized spacial score (nSPS) is 9.43. The lowest BCUT2D eigenvalue weighted by Crippen LogP contribution is -2.23. The van der Waals surface area contributed by atoms with Crippen LogP contribution in [0.5, 0.6) is 0 Å². The van der Waals surface area contributed by atoms with Gasteiger partial charge in [0.25, 0.3) is 0 Å². The van der Waals surface area contributed by atoms with Gasteiger partial charge in [-0.05, 0) is 12.8 Å². The highest BCUT2D eigenvalue weighted by atomic mass is 15.1. The van der Waals surface area contributed by atoms with Crippen molar-refractivity contribution in [3.63, 3.8) is 0 Å². The molecular formula is C18H31N5. The van der Waals surface area contributed by atoms with Gasteiger partial charge in [-0.1, -0.05) is 58.3 Å². The first kappa shape index (κ1) is 21.1. The van der Waals surface area contributed by atoms with E-state index in [-0.39, 0.29) is 0 Å². The van der Waals surface area contributed by atoms with Gasteiger partial charge in [0.15, 0.2) is 0 Å². The van der Waals surface area contributed by atoms with Gasteiger partial charge < -0.3 is 10.4 Å². The molecule has 5 heteroatoms. The summed E-state index contributed by atoms with van der Waals surface area (Å²) in [5, 5.41) is 14.9. The minimum absolute atomic E-state index is 1.18. The third-order valence-corrected chi connectivity index (χ3v) is 3.69. The Morgan fingerprint density at radius 2 is 1.61 bits per heavy atom. The van der Waals surface area contributed by atoms with Crippen LogP contribution in [0.2, 0.25) is 0 Å². The molecule has 1 heterocycles. The summed E-state index contributed by atoms with van der Waals surface area (Å²) in [4.78, 5) is 2.58. The van der Waals surface area contributed by atoms with Gasteiger partial charge in [0.2, 0.25) is 6.33 Å². The predicted molar refractivity (Wildman–Crippen MR) is 93.9 cm³/mol. The summed E-state index contributed by atoms with van der Waals surface area (Å²) in [6.45, 7) is 3.46. The number of nitrogens with zero attached hydrogens (tertiary/aromatic N) is 5. The lowest BCUT2D eigenvalue weighted by atomic mass is 10.1. The van der Waals surface area contributed by atoms with Crippen LogP contribution >= 0.6 is 0 Å². The zero-order chi connectivity index (χ0) is 17.2. The second kappa shape index (κ2) is 16.5. The van der Waals surface area contributed by atoms with Crippen molar-refractivity contribution in [3.05, 3.63) is 24.1 Å². The Morgan fingerprint density at radius 3 is 2.00 bits per heavy atom. The first-order chi connectivity index (χ1) is 11.2. The topological polar surface area (TPSA) is 67.3 Å². The molecule has 0 aliphatic carbocycles. The maximum Gasteiger partial charge on any atom is 0.243 e. The van der Waals surface area contributed by atoms with Crippen LogP contribution < -0.4 is 4.57 Å². The van der Waals surface area contributed by atoms with E-state index in [0.29, 0.717) is 0 Å². The Morgan fingerprint density at radius 1 is 1.04 bits per heavy atom. The number of hydrogen-bond donors (Lipinski definition) is 0. The summed E-state index contributed by atoms with van der Waals surface area (Å²) in [5.74, 6) is 0. The Bertz CT molecular complexity index is 466. The van der Waals surface area contributed by atoms with Crippen molar-refractivity contribution in [2.45, 2.75) is 77.7 Å². The van der Waals surface area contributed by atoms with Gasteiger partial charge in [-0.3, -0.25) is 0 Å². The van der Waals surface area contributed by atoms with Gasteiger partial charge in [0, 0.05) is 0 Å². The van der Waals surface area contributed by atoms with Crippen LogP contribution in [0.3, 0.4) is 0 Å². The van der Waals surface area contributed by atoms with Crippen molar-refractivity contribution in [2.24, 2.45) is 12.0 Å². The van der Waals surface area contributed by atoms with Crippen LogP contribution in [0.15, 0.2) is 23.7 Å². The molecule has 5 nitrogen and oxygen atoms in total. The van der Waals surface area contributed by atoms with Gasteiger partial charge in [0.1, 0.15) is 12.4 Å². The number of rotatable bonds is 11. The summed E-state index contributed by atoms with van der Waals surface area (Å²) in [6.07, 6.45) is 21.9. The molecule has 0 fully saturated rings. The van der Waals surface area contributed by atoms with Crippen molar-refractivity contribution >= 4 is 6.01 Å². The lowest BCUT2D eigenvalue weighted by Gasteiger charge is -2.01. The van der Waals surface area contributed by atoms with E-state index in [9.17, 15) is 0 Å². The Labute approximate surface area is 141 Å². The van der Waals surface area contributed by atoms with Crippen molar-refractivity contribution in [1.29, 1.82) is 5.26 Å². The molecule has 0 saturated carbocycles. The molecule has 0 saturated heterocycles. The summed E-state index contributed by atoms with van der Waals surface area (Å²) < 4.78 is 4.39. The van der Waals surface area contributed by atoms with Crippen LogP contribution in [0.25, 0.3) is 5.41 Å². The van der Waals surface area contributed by atoms with Crippen molar-refractivity contribution in [3.8, 4) is 6.19 Å². The fraction of sp³-hybridized carbons (Fsp3) is 0.722. The third kappa shape index (κ3) is 14.8. The molecule has 128 valence electrons. The molecule has 0 aromatic carbocycles. The zero-order valence-electron chi connectivity index (χ0n) is 14.7. The van der Waals surface area contributed by atoms with E-state index in [1.165, 1.54) is 83.0 Å². The lowest BCUT2D eigenvalue weighted by molar-refractivity contribution is -0.671. The number of aliphatic imine (C=N–C) groups is 1. The molecule has 0 radical (unpaired) electrons. The fourth-order valence-electron chi connectivity index (χ4n) is 2.44. The van der Waals surface area contributed by atoms with Gasteiger partial charge in [0.05, 0.1) is 19.8 Å². The molecule has 0 unspecified atom stereocenters. The van der Waals surface area contributed by atoms with E-state index in [1.807, 2.05) is 0 Å². The van der Waals surface area contributed by atoms with Crippen molar-refractivity contribution in [2.75, 3.05) is 0 Å².